The first-order chi connectivity index (χ1) is 13.6. The van der Waals surface area contributed by atoms with Gasteiger partial charge in [-0.3, -0.25) is 0 Å². The molecule has 0 unspecified atom stereocenters. The van der Waals surface area contributed by atoms with Gasteiger partial charge in [0.2, 0.25) is 0 Å². The Morgan fingerprint density at radius 2 is 1.96 bits per heavy atom. The van der Waals surface area contributed by atoms with Gasteiger partial charge in [0, 0.05) is 11.1 Å². The largest absolute Gasteiger partial charge is 0.494 e. The van der Waals surface area contributed by atoms with E-state index < -0.39 is 0 Å². The summed E-state index contributed by atoms with van der Waals surface area (Å²) < 4.78 is 19.8. The third-order valence-electron chi connectivity index (χ3n) is 5.78. The minimum Gasteiger partial charge on any atom is -0.494 e. The van der Waals surface area contributed by atoms with Crippen molar-refractivity contribution in [3.63, 3.8) is 0 Å². The summed E-state index contributed by atoms with van der Waals surface area (Å²) in [6.07, 6.45) is 4.91. The van der Waals surface area contributed by atoms with Crippen molar-refractivity contribution in [3.05, 3.63) is 47.3 Å². The van der Waals surface area contributed by atoms with Crippen LogP contribution in [0.3, 0.4) is 0 Å². The van der Waals surface area contributed by atoms with Crippen LogP contribution in [-0.2, 0) is 0 Å². The zero-order valence-corrected chi connectivity index (χ0v) is 16.6. The second-order valence-corrected chi connectivity index (χ2v) is 7.81. The number of halogens is 1. The van der Waals surface area contributed by atoms with E-state index in [-0.39, 0.29) is 5.82 Å². The molecule has 1 aliphatic heterocycles. The number of hydrogen-bond donors (Lipinski definition) is 2. The summed E-state index contributed by atoms with van der Waals surface area (Å²) in [5.41, 5.74) is 4.22. The molecule has 5 heteroatoms. The van der Waals surface area contributed by atoms with Crippen molar-refractivity contribution in [2.24, 2.45) is 5.92 Å². The Kier molecular flexibility index (Phi) is 5.62. The van der Waals surface area contributed by atoms with E-state index in [9.17, 15) is 4.39 Å². The van der Waals surface area contributed by atoms with Crippen molar-refractivity contribution in [1.29, 1.82) is 0 Å². The van der Waals surface area contributed by atoms with Crippen LogP contribution in [0.4, 0.5) is 4.39 Å². The van der Waals surface area contributed by atoms with Gasteiger partial charge in [-0.05, 0) is 94.4 Å². The summed E-state index contributed by atoms with van der Waals surface area (Å²) in [6.45, 7) is 6.87. The van der Waals surface area contributed by atoms with Gasteiger partial charge in [0.05, 0.1) is 17.6 Å². The average Bonchev–Trinajstić information content (AvgIpc) is 3.14. The first-order valence-electron chi connectivity index (χ1n) is 10.2. The molecule has 0 spiro atoms. The van der Waals surface area contributed by atoms with Gasteiger partial charge in [0.1, 0.15) is 17.4 Å². The number of benzene rings is 2. The number of aromatic nitrogens is 2. The second kappa shape index (κ2) is 8.31. The van der Waals surface area contributed by atoms with E-state index in [2.05, 4.69) is 28.3 Å². The maximum Gasteiger partial charge on any atom is 0.138 e. The number of imidazole rings is 1. The van der Waals surface area contributed by atoms with Crippen LogP contribution >= 0.6 is 0 Å². The molecule has 1 fully saturated rings. The van der Waals surface area contributed by atoms with Gasteiger partial charge in [0.25, 0.3) is 0 Å². The number of nitrogens with zero attached hydrogens (tertiary/aromatic N) is 1. The lowest BCUT2D eigenvalue weighted by molar-refractivity contribution is 0.274. The Morgan fingerprint density at radius 1 is 1.14 bits per heavy atom. The number of aromatic amines is 1. The van der Waals surface area contributed by atoms with Crippen molar-refractivity contribution in [1.82, 2.24) is 15.3 Å². The van der Waals surface area contributed by atoms with Crippen molar-refractivity contribution in [2.45, 2.75) is 39.5 Å². The molecule has 1 aromatic heterocycles. The molecule has 1 aliphatic rings. The lowest BCUT2D eigenvalue weighted by atomic mass is 9.93. The van der Waals surface area contributed by atoms with Crippen LogP contribution in [0, 0.1) is 25.6 Å². The first kappa shape index (κ1) is 18.9. The van der Waals surface area contributed by atoms with E-state index in [1.54, 1.807) is 13.0 Å². The minimum absolute atomic E-state index is 0.226. The van der Waals surface area contributed by atoms with Crippen molar-refractivity contribution in [3.8, 4) is 17.1 Å². The van der Waals surface area contributed by atoms with Gasteiger partial charge in [-0.25, -0.2) is 9.37 Å². The zero-order valence-electron chi connectivity index (χ0n) is 16.6. The van der Waals surface area contributed by atoms with Crippen LogP contribution < -0.4 is 10.1 Å². The second-order valence-electron chi connectivity index (χ2n) is 7.81. The standard InChI is InChI=1S/C23H28FN3O/c1-15-14-18(28-13-3-4-17-9-11-25-12-10-17)5-6-19(15)23-26-21-8-7-20(24)16(2)22(21)27-23/h5-8,14,17,25H,3-4,9-13H2,1-2H3,(H,26,27). The highest BCUT2D eigenvalue weighted by Crippen LogP contribution is 2.28. The smallest absolute Gasteiger partial charge is 0.138 e. The summed E-state index contributed by atoms with van der Waals surface area (Å²) in [6, 6.07) is 9.30. The third-order valence-corrected chi connectivity index (χ3v) is 5.78. The Morgan fingerprint density at radius 3 is 2.75 bits per heavy atom. The monoisotopic (exact) mass is 381 g/mol. The van der Waals surface area contributed by atoms with E-state index in [4.69, 9.17) is 4.74 Å². The summed E-state index contributed by atoms with van der Waals surface area (Å²) in [4.78, 5) is 7.92. The SMILES string of the molecule is Cc1cc(OCCCC2CCNCC2)ccc1-c1nc2c(C)c(F)ccc2[nH]1. The molecule has 0 aliphatic carbocycles. The van der Waals surface area contributed by atoms with Gasteiger partial charge in [-0.1, -0.05) is 0 Å². The number of piperidine rings is 1. The van der Waals surface area contributed by atoms with Crippen LogP contribution in [-0.4, -0.2) is 29.7 Å². The van der Waals surface area contributed by atoms with Gasteiger partial charge in [-0.15, -0.1) is 0 Å². The molecule has 4 rings (SSSR count). The van der Waals surface area contributed by atoms with Crippen LogP contribution in [0.2, 0.25) is 0 Å². The Balaban J connectivity index is 1.41. The Labute approximate surface area is 165 Å². The highest BCUT2D eigenvalue weighted by molar-refractivity contribution is 5.83. The average molecular weight is 381 g/mol. The third kappa shape index (κ3) is 4.04. The normalized spacial score (nSPS) is 15.2. The first-order valence-corrected chi connectivity index (χ1v) is 10.2. The fourth-order valence-corrected chi connectivity index (χ4v) is 4.04. The fourth-order valence-electron chi connectivity index (χ4n) is 4.04. The molecule has 2 N–H and O–H groups in total. The molecule has 0 atom stereocenters. The number of rotatable bonds is 6. The summed E-state index contributed by atoms with van der Waals surface area (Å²) in [5, 5.41) is 3.41. The van der Waals surface area contributed by atoms with E-state index in [1.165, 1.54) is 25.3 Å². The number of aryl methyl sites for hydroxylation is 2. The molecule has 0 bridgehead atoms. The highest BCUT2D eigenvalue weighted by atomic mass is 19.1. The lowest BCUT2D eigenvalue weighted by Crippen LogP contribution is -2.27. The topological polar surface area (TPSA) is 49.9 Å². The van der Waals surface area contributed by atoms with E-state index in [1.807, 2.05) is 12.1 Å². The van der Waals surface area contributed by atoms with Crippen LogP contribution in [0.15, 0.2) is 30.3 Å². The molecular weight excluding hydrogens is 353 g/mol. The lowest BCUT2D eigenvalue weighted by Gasteiger charge is -2.22. The number of nitrogens with one attached hydrogen (secondary N) is 2. The van der Waals surface area contributed by atoms with Crippen molar-refractivity contribution < 1.29 is 9.13 Å². The van der Waals surface area contributed by atoms with Gasteiger partial charge in [0.15, 0.2) is 0 Å². The number of hydrogen-bond acceptors (Lipinski definition) is 3. The molecule has 28 heavy (non-hydrogen) atoms. The highest BCUT2D eigenvalue weighted by Gasteiger charge is 2.14. The number of fused-ring (bicyclic) bond motifs is 1. The maximum atomic E-state index is 13.8. The minimum atomic E-state index is -0.226. The quantitative estimate of drug-likeness (QED) is 0.581. The summed E-state index contributed by atoms with van der Waals surface area (Å²) in [7, 11) is 0. The molecule has 0 saturated carbocycles. The van der Waals surface area contributed by atoms with Gasteiger partial charge in [-0.2, -0.15) is 0 Å². The molecule has 148 valence electrons. The molecular formula is C23H28FN3O. The Bertz CT molecular complexity index is 960. The summed E-state index contributed by atoms with van der Waals surface area (Å²) in [5.74, 6) is 2.27. The van der Waals surface area contributed by atoms with Crippen molar-refractivity contribution >= 4 is 11.0 Å². The fraction of sp³-hybridized carbons (Fsp3) is 0.435. The molecule has 2 heterocycles. The molecule has 3 aromatic rings. The summed E-state index contributed by atoms with van der Waals surface area (Å²) >= 11 is 0. The number of H-pyrrole nitrogens is 1. The predicted octanol–water partition coefficient (Wildman–Crippen LogP) is 5.14. The van der Waals surface area contributed by atoms with E-state index in [0.29, 0.717) is 11.1 Å². The van der Waals surface area contributed by atoms with Gasteiger partial charge < -0.3 is 15.0 Å². The zero-order chi connectivity index (χ0) is 19.5. The maximum absolute atomic E-state index is 13.8. The molecule has 1 saturated heterocycles. The van der Waals surface area contributed by atoms with Gasteiger partial charge >= 0.3 is 0 Å². The van der Waals surface area contributed by atoms with Crippen molar-refractivity contribution in [2.75, 3.05) is 19.7 Å². The van der Waals surface area contributed by atoms with Crippen LogP contribution in [0.25, 0.3) is 22.4 Å². The van der Waals surface area contributed by atoms with E-state index in [0.717, 1.165) is 60.3 Å². The number of ether oxygens (including phenoxy) is 1. The van der Waals surface area contributed by atoms with Crippen LogP contribution in [0.1, 0.15) is 36.8 Å². The predicted molar refractivity (Wildman–Crippen MR) is 111 cm³/mol. The molecule has 0 amide bonds. The van der Waals surface area contributed by atoms with Crippen LogP contribution in [0.5, 0.6) is 5.75 Å². The Hall–Kier alpha value is -2.40. The molecule has 2 aromatic carbocycles. The molecule has 0 radical (unpaired) electrons. The molecule has 4 nitrogen and oxygen atoms in total. The van der Waals surface area contributed by atoms with E-state index >= 15 is 0 Å².